The fourth-order valence-corrected chi connectivity index (χ4v) is 1.40. The summed E-state index contributed by atoms with van der Waals surface area (Å²) in [4.78, 5) is 11.1. The summed E-state index contributed by atoms with van der Waals surface area (Å²) in [6.45, 7) is 1.72. The maximum Gasteiger partial charge on any atom is 0.338 e. The van der Waals surface area contributed by atoms with Crippen molar-refractivity contribution in [2.24, 2.45) is 0 Å². The zero-order chi connectivity index (χ0) is 10.7. The lowest BCUT2D eigenvalue weighted by Crippen LogP contribution is -2.38. The van der Waals surface area contributed by atoms with Crippen molar-refractivity contribution < 1.29 is 24.5 Å². The van der Waals surface area contributed by atoms with Crippen LogP contribution in [-0.4, -0.2) is 47.7 Å². The first kappa shape index (κ1) is 11.2. The fraction of sp³-hybridized carbons (Fsp3) is 0.667. The molecule has 2 N–H and O–H groups in total. The molecule has 1 aliphatic heterocycles. The average molecular weight is 202 g/mol. The molecule has 1 rings (SSSR count). The average Bonchev–Trinajstić information content (AvgIpc) is 2.42. The summed E-state index contributed by atoms with van der Waals surface area (Å²) in [5.41, 5.74) is 0. The van der Waals surface area contributed by atoms with Crippen molar-refractivity contribution in [3.05, 3.63) is 12.2 Å². The molecule has 0 aromatic heterocycles. The largest absolute Gasteiger partial charge is 0.454 e. The van der Waals surface area contributed by atoms with Gasteiger partial charge in [0.2, 0.25) is 0 Å². The number of methoxy groups -OCH3 is 1. The molecular formula is C9H14O5. The molecule has 4 atom stereocenters. The van der Waals surface area contributed by atoms with E-state index in [0.717, 1.165) is 0 Å². The minimum absolute atomic E-state index is 0.645. The highest BCUT2D eigenvalue weighted by Gasteiger charge is 2.46. The summed E-state index contributed by atoms with van der Waals surface area (Å²) in [7, 11) is 1.31. The van der Waals surface area contributed by atoms with Crippen molar-refractivity contribution >= 4 is 5.97 Å². The number of hydrogen-bond donors (Lipinski definition) is 2. The Balaban J connectivity index is 2.70. The number of carbonyl (C=O) groups excluding carboxylic acids is 1. The summed E-state index contributed by atoms with van der Waals surface area (Å²) < 4.78 is 9.51. The minimum Gasteiger partial charge on any atom is -0.454 e. The smallest absolute Gasteiger partial charge is 0.338 e. The fourth-order valence-electron chi connectivity index (χ4n) is 1.40. The highest BCUT2D eigenvalue weighted by atomic mass is 16.6. The second-order valence-electron chi connectivity index (χ2n) is 3.06. The number of rotatable bonds is 3. The molecular weight excluding hydrogens is 188 g/mol. The van der Waals surface area contributed by atoms with E-state index in [1.807, 2.05) is 0 Å². The SMILES string of the molecule is C/C=C\[C@@H](O)[C@@H]1OC(=O)[C@H](OC)[C@@H]1O. The van der Waals surface area contributed by atoms with Gasteiger partial charge in [-0.15, -0.1) is 0 Å². The Morgan fingerprint density at radius 2 is 2.29 bits per heavy atom. The number of aliphatic hydroxyl groups is 2. The number of allylic oxidation sites excluding steroid dienone is 1. The molecule has 0 unspecified atom stereocenters. The van der Waals surface area contributed by atoms with Crippen LogP contribution >= 0.6 is 0 Å². The molecule has 5 nitrogen and oxygen atoms in total. The van der Waals surface area contributed by atoms with E-state index in [4.69, 9.17) is 9.47 Å². The van der Waals surface area contributed by atoms with Crippen molar-refractivity contribution in [1.82, 2.24) is 0 Å². The van der Waals surface area contributed by atoms with E-state index < -0.39 is 30.4 Å². The molecule has 0 spiro atoms. The van der Waals surface area contributed by atoms with Crippen molar-refractivity contribution in [3.8, 4) is 0 Å². The van der Waals surface area contributed by atoms with Crippen LogP contribution in [0.4, 0.5) is 0 Å². The van der Waals surface area contributed by atoms with Crippen LogP contribution in [0.3, 0.4) is 0 Å². The van der Waals surface area contributed by atoms with E-state index in [-0.39, 0.29) is 0 Å². The zero-order valence-corrected chi connectivity index (χ0v) is 8.08. The van der Waals surface area contributed by atoms with Crippen LogP contribution in [0, 0.1) is 0 Å². The van der Waals surface area contributed by atoms with Gasteiger partial charge in [0.25, 0.3) is 0 Å². The Hall–Kier alpha value is -0.910. The summed E-state index contributed by atoms with van der Waals surface area (Å²) >= 11 is 0. The molecule has 1 heterocycles. The van der Waals surface area contributed by atoms with Crippen molar-refractivity contribution in [2.75, 3.05) is 7.11 Å². The predicted molar refractivity (Wildman–Crippen MR) is 47.5 cm³/mol. The topological polar surface area (TPSA) is 76.0 Å². The van der Waals surface area contributed by atoms with Gasteiger partial charge in [0.1, 0.15) is 12.2 Å². The number of cyclic esters (lactones) is 1. The molecule has 0 aromatic rings. The zero-order valence-electron chi connectivity index (χ0n) is 8.08. The number of aliphatic hydroxyl groups excluding tert-OH is 2. The van der Waals surface area contributed by atoms with Crippen LogP contribution in [0.1, 0.15) is 6.92 Å². The van der Waals surface area contributed by atoms with Crippen LogP contribution in [-0.2, 0) is 14.3 Å². The van der Waals surface area contributed by atoms with Crippen molar-refractivity contribution in [1.29, 1.82) is 0 Å². The van der Waals surface area contributed by atoms with Crippen LogP contribution in [0.5, 0.6) is 0 Å². The summed E-state index contributed by atoms with van der Waals surface area (Å²) in [6.07, 6.45) is -1.01. The van der Waals surface area contributed by atoms with Gasteiger partial charge < -0.3 is 19.7 Å². The summed E-state index contributed by atoms with van der Waals surface area (Å²) in [6, 6.07) is 0. The normalized spacial score (nSPS) is 34.9. The molecule has 1 aliphatic rings. The molecule has 0 radical (unpaired) electrons. The van der Waals surface area contributed by atoms with Crippen LogP contribution in [0.25, 0.3) is 0 Å². The van der Waals surface area contributed by atoms with E-state index in [9.17, 15) is 15.0 Å². The van der Waals surface area contributed by atoms with E-state index in [1.54, 1.807) is 13.0 Å². The van der Waals surface area contributed by atoms with Gasteiger partial charge in [0.15, 0.2) is 12.2 Å². The van der Waals surface area contributed by atoms with Gasteiger partial charge in [-0.1, -0.05) is 12.2 Å². The number of esters is 1. The maximum atomic E-state index is 11.1. The Labute approximate surface area is 81.9 Å². The van der Waals surface area contributed by atoms with Crippen molar-refractivity contribution in [3.63, 3.8) is 0 Å². The molecule has 14 heavy (non-hydrogen) atoms. The molecule has 5 heteroatoms. The lowest BCUT2D eigenvalue weighted by Gasteiger charge is -2.17. The highest BCUT2D eigenvalue weighted by Crippen LogP contribution is 2.21. The van der Waals surface area contributed by atoms with Crippen LogP contribution in [0.15, 0.2) is 12.2 Å². The highest BCUT2D eigenvalue weighted by molar-refractivity contribution is 5.78. The third kappa shape index (κ3) is 1.95. The van der Waals surface area contributed by atoms with E-state index >= 15 is 0 Å². The molecule has 1 fully saturated rings. The molecule has 80 valence electrons. The van der Waals surface area contributed by atoms with Gasteiger partial charge in [-0.3, -0.25) is 0 Å². The lowest BCUT2D eigenvalue weighted by molar-refractivity contribution is -0.150. The van der Waals surface area contributed by atoms with Crippen LogP contribution in [0.2, 0.25) is 0 Å². The molecule has 1 saturated heterocycles. The van der Waals surface area contributed by atoms with Gasteiger partial charge in [0.05, 0.1) is 0 Å². The van der Waals surface area contributed by atoms with E-state index in [0.29, 0.717) is 0 Å². The van der Waals surface area contributed by atoms with E-state index in [1.165, 1.54) is 13.2 Å². The van der Waals surface area contributed by atoms with Gasteiger partial charge in [-0.2, -0.15) is 0 Å². The second-order valence-corrected chi connectivity index (χ2v) is 3.06. The number of ether oxygens (including phenoxy) is 2. The Kier molecular flexibility index (Phi) is 3.62. The first-order chi connectivity index (χ1) is 6.61. The van der Waals surface area contributed by atoms with Crippen LogP contribution < -0.4 is 0 Å². The van der Waals surface area contributed by atoms with Gasteiger partial charge in [0, 0.05) is 7.11 Å². The molecule has 0 aliphatic carbocycles. The number of carbonyl (C=O) groups is 1. The summed E-state index contributed by atoms with van der Waals surface area (Å²) in [5.74, 6) is -0.645. The van der Waals surface area contributed by atoms with Crippen molar-refractivity contribution in [2.45, 2.75) is 31.3 Å². The number of hydrogen-bond acceptors (Lipinski definition) is 5. The Morgan fingerprint density at radius 3 is 2.71 bits per heavy atom. The molecule has 0 saturated carbocycles. The minimum atomic E-state index is -1.13. The third-order valence-corrected chi connectivity index (χ3v) is 2.11. The van der Waals surface area contributed by atoms with Gasteiger partial charge in [-0.05, 0) is 6.92 Å². The Morgan fingerprint density at radius 1 is 1.64 bits per heavy atom. The lowest BCUT2D eigenvalue weighted by atomic mass is 10.1. The monoisotopic (exact) mass is 202 g/mol. The quantitative estimate of drug-likeness (QED) is 0.464. The van der Waals surface area contributed by atoms with Gasteiger partial charge >= 0.3 is 5.97 Å². The van der Waals surface area contributed by atoms with E-state index in [2.05, 4.69) is 0 Å². The first-order valence-corrected chi connectivity index (χ1v) is 4.34. The molecule has 0 amide bonds. The van der Waals surface area contributed by atoms with Gasteiger partial charge in [-0.25, -0.2) is 4.79 Å². The Bertz CT molecular complexity index is 237. The molecule has 0 bridgehead atoms. The summed E-state index contributed by atoms with van der Waals surface area (Å²) in [5, 5.41) is 19.0. The standard InChI is InChI=1S/C9H14O5/c1-3-4-5(10)7-6(11)8(13-2)9(12)14-7/h3-8,10-11H,1-2H3/b4-3-/t5-,6-,7+,8-/m1/s1. The first-order valence-electron chi connectivity index (χ1n) is 4.34. The predicted octanol–water partition coefficient (Wildman–Crippen LogP) is -0.775. The third-order valence-electron chi connectivity index (χ3n) is 2.11. The maximum absolute atomic E-state index is 11.1. The molecule has 0 aromatic carbocycles. The second kappa shape index (κ2) is 4.54.